The standard InChI is InChI=1S/C33H35NO9/c1-36-24-10-8-22(9-11-24)33(42-18-23-6-5-13-34-23)25(14-20-15-28(37-2)31(39-4)29(16-20)38-3)30(32(35)43-33)21-7-12-26-27(17-21)41-19-40-26/h7-12,15-17,23,34H,5-6,13-14,18-19H2,1-4H3. The lowest BCUT2D eigenvalue weighted by Gasteiger charge is -2.33. The second kappa shape index (κ2) is 12.1. The molecule has 0 saturated carbocycles. The average Bonchev–Trinajstić information content (AvgIpc) is 3.79. The number of hydrogen-bond acceptors (Lipinski definition) is 10. The van der Waals surface area contributed by atoms with Crippen LogP contribution in [0.25, 0.3) is 5.57 Å². The maximum Gasteiger partial charge on any atom is 0.342 e. The molecule has 2 atom stereocenters. The van der Waals surface area contributed by atoms with Gasteiger partial charge in [-0.05, 0) is 79.0 Å². The third kappa shape index (κ3) is 5.32. The zero-order valence-electron chi connectivity index (χ0n) is 24.7. The van der Waals surface area contributed by atoms with Crippen molar-refractivity contribution in [3.8, 4) is 34.5 Å². The normalized spacial score (nSPS) is 20.7. The molecule has 1 saturated heterocycles. The summed E-state index contributed by atoms with van der Waals surface area (Å²) in [5.74, 6) is 1.30. The smallest absolute Gasteiger partial charge is 0.342 e. The number of carbonyl (C=O) groups is 1. The Hall–Kier alpha value is -4.41. The van der Waals surface area contributed by atoms with E-state index >= 15 is 0 Å². The maximum absolute atomic E-state index is 14.0. The van der Waals surface area contributed by atoms with Crippen molar-refractivity contribution in [1.82, 2.24) is 5.32 Å². The third-order valence-corrected chi connectivity index (χ3v) is 8.03. The van der Waals surface area contributed by atoms with Crippen molar-refractivity contribution in [2.24, 2.45) is 0 Å². The summed E-state index contributed by atoms with van der Waals surface area (Å²) < 4.78 is 46.5. The first-order valence-corrected chi connectivity index (χ1v) is 14.2. The molecule has 3 aromatic rings. The van der Waals surface area contributed by atoms with Crippen molar-refractivity contribution in [2.45, 2.75) is 31.1 Å². The summed E-state index contributed by atoms with van der Waals surface area (Å²) in [5.41, 5.74) is 3.13. The molecule has 10 heteroatoms. The highest BCUT2D eigenvalue weighted by Crippen LogP contribution is 2.50. The molecule has 0 aliphatic carbocycles. The molecule has 3 aliphatic heterocycles. The van der Waals surface area contributed by atoms with Gasteiger partial charge in [-0.2, -0.15) is 0 Å². The molecule has 3 aliphatic rings. The van der Waals surface area contributed by atoms with Crippen molar-refractivity contribution in [3.63, 3.8) is 0 Å². The van der Waals surface area contributed by atoms with Crippen LogP contribution >= 0.6 is 0 Å². The number of fused-ring (bicyclic) bond motifs is 1. The zero-order chi connectivity index (χ0) is 30.0. The minimum atomic E-state index is -1.51. The summed E-state index contributed by atoms with van der Waals surface area (Å²) in [6, 6.07) is 16.7. The van der Waals surface area contributed by atoms with E-state index in [-0.39, 0.29) is 19.3 Å². The van der Waals surface area contributed by atoms with Crippen molar-refractivity contribution >= 4 is 11.5 Å². The second-order valence-corrected chi connectivity index (χ2v) is 10.5. The van der Waals surface area contributed by atoms with Gasteiger partial charge in [0.25, 0.3) is 5.79 Å². The minimum absolute atomic E-state index is 0.119. The van der Waals surface area contributed by atoms with E-state index < -0.39 is 11.8 Å². The highest BCUT2D eigenvalue weighted by atomic mass is 16.7. The molecule has 3 heterocycles. The molecule has 3 aromatic carbocycles. The fourth-order valence-corrected chi connectivity index (χ4v) is 5.88. The van der Waals surface area contributed by atoms with Gasteiger partial charge < -0.3 is 43.2 Å². The van der Waals surface area contributed by atoms with Gasteiger partial charge in [0.1, 0.15) is 5.75 Å². The van der Waals surface area contributed by atoms with Gasteiger partial charge in [0.2, 0.25) is 12.5 Å². The first kappa shape index (κ1) is 28.7. The third-order valence-electron chi connectivity index (χ3n) is 8.03. The number of carbonyl (C=O) groups excluding carboxylic acids is 1. The topological polar surface area (TPSA) is 103 Å². The SMILES string of the molecule is COc1ccc(C2(OCC3CCCN3)OC(=O)C(c3ccc4c(c3)OCO4)=C2Cc2cc(OC)c(OC)c(OC)c2)cc1. The van der Waals surface area contributed by atoms with Gasteiger partial charge in [-0.1, -0.05) is 6.07 Å². The monoisotopic (exact) mass is 589 g/mol. The minimum Gasteiger partial charge on any atom is -0.497 e. The lowest BCUT2D eigenvalue weighted by atomic mass is 9.87. The summed E-state index contributed by atoms with van der Waals surface area (Å²) in [6.45, 7) is 1.38. The Morgan fingerprint density at radius 1 is 0.884 bits per heavy atom. The predicted octanol–water partition coefficient (Wildman–Crippen LogP) is 4.62. The Balaban J connectivity index is 1.54. The molecule has 0 aromatic heterocycles. The van der Waals surface area contributed by atoms with Gasteiger partial charge in [-0.3, -0.25) is 0 Å². The fourth-order valence-electron chi connectivity index (χ4n) is 5.88. The second-order valence-electron chi connectivity index (χ2n) is 10.5. The van der Waals surface area contributed by atoms with E-state index in [1.54, 1.807) is 40.6 Å². The number of esters is 1. The van der Waals surface area contributed by atoms with Gasteiger partial charge in [0.05, 0.1) is 40.6 Å². The van der Waals surface area contributed by atoms with E-state index in [2.05, 4.69) is 5.32 Å². The van der Waals surface area contributed by atoms with Gasteiger partial charge in [-0.15, -0.1) is 0 Å². The lowest BCUT2D eigenvalue weighted by Crippen LogP contribution is -2.38. The van der Waals surface area contributed by atoms with Gasteiger partial charge >= 0.3 is 5.97 Å². The number of ether oxygens (including phenoxy) is 8. The number of rotatable bonds is 11. The number of cyclic esters (lactones) is 1. The van der Waals surface area contributed by atoms with Crippen molar-refractivity contribution in [2.75, 3.05) is 48.4 Å². The number of nitrogens with one attached hydrogen (secondary N) is 1. The summed E-state index contributed by atoms with van der Waals surface area (Å²) in [4.78, 5) is 14.0. The zero-order valence-corrected chi connectivity index (χ0v) is 24.7. The van der Waals surface area contributed by atoms with Crippen LogP contribution in [0.3, 0.4) is 0 Å². The van der Waals surface area contributed by atoms with E-state index in [4.69, 9.17) is 37.9 Å². The molecule has 43 heavy (non-hydrogen) atoms. The van der Waals surface area contributed by atoms with E-state index in [1.165, 1.54) is 0 Å². The summed E-state index contributed by atoms with van der Waals surface area (Å²) >= 11 is 0. The average molecular weight is 590 g/mol. The number of hydrogen-bond donors (Lipinski definition) is 1. The molecule has 0 amide bonds. The van der Waals surface area contributed by atoms with Crippen LogP contribution in [-0.4, -0.2) is 60.4 Å². The van der Waals surface area contributed by atoms with Crippen LogP contribution in [0.5, 0.6) is 34.5 Å². The van der Waals surface area contributed by atoms with Crippen LogP contribution in [-0.2, 0) is 26.5 Å². The Morgan fingerprint density at radius 2 is 1.63 bits per heavy atom. The summed E-state index contributed by atoms with van der Waals surface area (Å²) in [5, 5.41) is 3.48. The predicted molar refractivity (Wildman–Crippen MR) is 157 cm³/mol. The first-order valence-electron chi connectivity index (χ1n) is 14.2. The van der Waals surface area contributed by atoms with Gasteiger partial charge in [0.15, 0.2) is 23.0 Å². The van der Waals surface area contributed by atoms with Crippen LogP contribution < -0.4 is 33.7 Å². The maximum atomic E-state index is 14.0. The largest absolute Gasteiger partial charge is 0.497 e. The Kier molecular flexibility index (Phi) is 8.05. The summed E-state index contributed by atoms with van der Waals surface area (Å²) in [7, 11) is 6.31. The molecule has 10 nitrogen and oxygen atoms in total. The molecule has 1 N–H and O–H groups in total. The van der Waals surface area contributed by atoms with Crippen LogP contribution in [0.15, 0.2) is 60.2 Å². The highest BCUT2D eigenvalue weighted by Gasteiger charge is 2.51. The van der Waals surface area contributed by atoms with Crippen molar-refractivity contribution in [1.29, 1.82) is 0 Å². The van der Waals surface area contributed by atoms with Crippen LogP contribution in [0.4, 0.5) is 0 Å². The molecule has 0 spiro atoms. The molecule has 1 fully saturated rings. The fraction of sp³-hybridized carbons (Fsp3) is 0.364. The Bertz CT molecular complexity index is 1500. The van der Waals surface area contributed by atoms with Gasteiger partial charge in [0, 0.05) is 23.6 Å². The first-order chi connectivity index (χ1) is 21.0. The van der Waals surface area contributed by atoms with E-state index in [0.29, 0.717) is 63.4 Å². The van der Waals surface area contributed by atoms with Crippen LogP contribution in [0.2, 0.25) is 0 Å². The van der Waals surface area contributed by atoms with E-state index in [0.717, 1.165) is 24.9 Å². The lowest BCUT2D eigenvalue weighted by molar-refractivity contribution is -0.210. The van der Waals surface area contributed by atoms with Crippen LogP contribution in [0, 0.1) is 0 Å². The van der Waals surface area contributed by atoms with Gasteiger partial charge in [-0.25, -0.2) is 4.79 Å². The van der Waals surface area contributed by atoms with E-state index in [1.807, 2.05) is 42.5 Å². The number of methoxy groups -OCH3 is 4. The van der Waals surface area contributed by atoms with Crippen molar-refractivity contribution < 1.29 is 42.7 Å². The summed E-state index contributed by atoms with van der Waals surface area (Å²) in [6.07, 6.45) is 2.30. The molecule has 226 valence electrons. The molecular formula is C33H35NO9. The Labute approximate surface area is 250 Å². The molecule has 6 rings (SSSR count). The molecular weight excluding hydrogens is 554 g/mol. The molecule has 2 unspecified atom stereocenters. The van der Waals surface area contributed by atoms with Crippen LogP contribution in [0.1, 0.15) is 29.5 Å². The quantitative estimate of drug-likeness (QED) is 0.319. The molecule has 0 bridgehead atoms. The number of benzene rings is 3. The van der Waals surface area contributed by atoms with E-state index in [9.17, 15) is 4.79 Å². The molecule has 0 radical (unpaired) electrons. The Morgan fingerprint density at radius 3 is 2.28 bits per heavy atom. The van der Waals surface area contributed by atoms with Crippen molar-refractivity contribution in [3.05, 3.63) is 76.9 Å². The highest BCUT2D eigenvalue weighted by molar-refractivity contribution is 6.20.